The van der Waals surface area contributed by atoms with Gasteiger partial charge >= 0.3 is 0 Å². The van der Waals surface area contributed by atoms with E-state index < -0.39 is 0 Å². The monoisotopic (exact) mass is 261 g/mol. The van der Waals surface area contributed by atoms with Gasteiger partial charge in [-0.05, 0) is 32.3 Å². The molecule has 0 amide bonds. The molecule has 0 heterocycles. The topological polar surface area (TPSA) is 23.5 Å². The van der Waals surface area contributed by atoms with Gasteiger partial charge in [0.25, 0.3) is 0 Å². The number of anilines is 1. The molecule has 1 unspecified atom stereocenters. The number of hydrogen-bond acceptors (Lipinski definition) is 2. The Morgan fingerprint density at radius 3 is 2.47 bits per heavy atom. The van der Waals surface area contributed by atoms with Crippen LogP contribution >= 0.6 is 0 Å². The SMILES string of the molecule is CCC(O)c1ccccc1N(CC)C1CCCCC1. The molecule has 2 heteroatoms. The maximum absolute atomic E-state index is 10.2. The average molecular weight is 261 g/mol. The summed E-state index contributed by atoms with van der Waals surface area (Å²) in [7, 11) is 0. The Kier molecular flexibility index (Phi) is 5.26. The van der Waals surface area contributed by atoms with E-state index >= 15 is 0 Å². The molecule has 0 radical (unpaired) electrons. The van der Waals surface area contributed by atoms with E-state index in [0.717, 1.165) is 18.5 Å². The maximum atomic E-state index is 10.2. The van der Waals surface area contributed by atoms with Crippen LogP contribution in [-0.2, 0) is 0 Å². The fourth-order valence-corrected chi connectivity index (χ4v) is 3.27. The molecule has 1 atom stereocenters. The molecule has 1 aliphatic carbocycles. The number of hydrogen-bond donors (Lipinski definition) is 1. The number of rotatable bonds is 5. The maximum Gasteiger partial charge on any atom is 0.0807 e. The molecule has 0 aliphatic heterocycles. The summed E-state index contributed by atoms with van der Waals surface area (Å²) in [4.78, 5) is 2.51. The largest absolute Gasteiger partial charge is 0.388 e. The van der Waals surface area contributed by atoms with Crippen LogP contribution in [-0.4, -0.2) is 17.7 Å². The quantitative estimate of drug-likeness (QED) is 0.854. The molecular formula is C17H27NO. The first-order valence-corrected chi connectivity index (χ1v) is 7.81. The summed E-state index contributed by atoms with van der Waals surface area (Å²) in [5.74, 6) is 0. The van der Waals surface area contributed by atoms with E-state index in [2.05, 4.69) is 30.0 Å². The molecule has 0 spiro atoms. The number of nitrogens with zero attached hydrogens (tertiary/aromatic N) is 1. The zero-order valence-electron chi connectivity index (χ0n) is 12.3. The molecule has 2 nitrogen and oxygen atoms in total. The Labute approximate surface area is 117 Å². The highest BCUT2D eigenvalue weighted by Gasteiger charge is 2.23. The van der Waals surface area contributed by atoms with Gasteiger partial charge in [-0.15, -0.1) is 0 Å². The van der Waals surface area contributed by atoms with Crippen molar-refractivity contribution in [2.24, 2.45) is 0 Å². The molecule has 1 N–H and O–H groups in total. The fraction of sp³-hybridized carbons (Fsp3) is 0.647. The number of aliphatic hydroxyl groups is 1. The van der Waals surface area contributed by atoms with Crippen LogP contribution in [0.25, 0.3) is 0 Å². The summed E-state index contributed by atoms with van der Waals surface area (Å²) in [5.41, 5.74) is 2.34. The molecule has 0 saturated heterocycles. The Morgan fingerprint density at radius 2 is 1.84 bits per heavy atom. The predicted molar refractivity (Wildman–Crippen MR) is 81.6 cm³/mol. The standard InChI is InChI=1S/C17H27NO/c1-3-17(19)15-12-8-9-13-16(15)18(4-2)14-10-6-5-7-11-14/h8-9,12-14,17,19H,3-7,10-11H2,1-2H3. The highest BCUT2D eigenvalue weighted by Crippen LogP contribution is 2.33. The smallest absolute Gasteiger partial charge is 0.0807 e. The third-order valence-electron chi connectivity index (χ3n) is 4.35. The van der Waals surface area contributed by atoms with Crippen molar-refractivity contribution in [3.8, 4) is 0 Å². The van der Waals surface area contributed by atoms with Gasteiger partial charge in [-0.25, -0.2) is 0 Å². The fourth-order valence-electron chi connectivity index (χ4n) is 3.27. The zero-order valence-corrected chi connectivity index (χ0v) is 12.3. The lowest BCUT2D eigenvalue weighted by Crippen LogP contribution is -2.37. The Hall–Kier alpha value is -1.02. The van der Waals surface area contributed by atoms with Gasteiger partial charge in [-0.3, -0.25) is 0 Å². The van der Waals surface area contributed by atoms with Gasteiger partial charge in [0.1, 0.15) is 0 Å². The predicted octanol–water partition coefficient (Wildman–Crippen LogP) is 4.29. The second-order valence-corrected chi connectivity index (χ2v) is 5.56. The third kappa shape index (κ3) is 3.30. The summed E-state index contributed by atoms with van der Waals surface area (Å²) in [6, 6.07) is 9.03. The van der Waals surface area contributed by atoms with Gasteiger partial charge in [-0.2, -0.15) is 0 Å². The van der Waals surface area contributed by atoms with Crippen molar-refractivity contribution in [3.05, 3.63) is 29.8 Å². The molecule has 19 heavy (non-hydrogen) atoms. The Balaban J connectivity index is 2.26. The molecule has 0 bridgehead atoms. The number of benzene rings is 1. The summed E-state index contributed by atoms with van der Waals surface area (Å²) in [6.07, 6.45) is 7.11. The first kappa shape index (κ1) is 14.4. The van der Waals surface area contributed by atoms with Crippen molar-refractivity contribution in [1.29, 1.82) is 0 Å². The van der Waals surface area contributed by atoms with Gasteiger partial charge in [-0.1, -0.05) is 44.4 Å². The van der Waals surface area contributed by atoms with Crippen LogP contribution in [0.15, 0.2) is 24.3 Å². The van der Waals surface area contributed by atoms with Crippen LogP contribution in [0.4, 0.5) is 5.69 Å². The van der Waals surface area contributed by atoms with E-state index in [1.54, 1.807) is 0 Å². The van der Waals surface area contributed by atoms with E-state index in [-0.39, 0.29) is 6.10 Å². The second-order valence-electron chi connectivity index (χ2n) is 5.56. The summed E-state index contributed by atoms with van der Waals surface area (Å²) < 4.78 is 0. The van der Waals surface area contributed by atoms with E-state index in [1.807, 2.05) is 13.0 Å². The van der Waals surface area contributed by atoms with Crippen molar-refractivity contribution in [2.45, 2.75) is 64.5 Å². The molecular weight excluding hydrogens is 234 g/mol. The Bertz CT molecular complexity index is 385. The van der Waals surface area contributed by atoms with Gasteiger partial charge in [0.05, 0.1) is 6.10 Å². The lowest BCUT2D eigenvalue weighted by molar-refractivity contribution is 0.174. The lowest BCUT2D eigenvalue weighted by atomic mass is 9.92. The van der Waals surface area contributed by atoms with Gasteiger partial charge < -0.3 is 10.0 Å². The van der Waals surface area contributed by atoms with E-state index in [4.69, 9.17) is 0 Å². The first-order chi connectivity index (χ1) is 9.27. The number of aliphatic hydroxyl groups excluding tert-OH is 1. The molecule has 1 aromatic carbocycles. The van der Waals surface area contributed by atoms with Crippen molar-refractivity contribution < 1.29 is 5.11 Å². The minimum absolute atomic E-state index is 0.339. The van der Waals surface area contributed by atoms with Crippen molar-refractivity contribution >= 4 is 5.69 Å². The third-order valence-corrected chi connectivity index (χ3v) is 4.35. The second kappa shape index (κ2) is 6.95. The van der Waals surface area contributed by atoms with Crippen LogP contribution in [0.1, 0.15) is 64.0 Å². The zero-order chi connectivity index (χ0) is 13.7. The van der Waals surface area contributed by atoms with Crippen LogP contribution in [0, 0.1) is 0 Å². The van der Waals surface area contributed by atoms with Gasteiger partial charge in [0.15, 0.2) is 0 Å². The van der Waals surface area contributed by atoms with Gasteiger partial charge in [0, 0.05) is 23.8 Å². The number of para-hydroxylation sites is 1. The molecule has 106 valence electrons. The lowest BCUT2D eigenvalue weighted by Gasteiger charge is -2.37. The summed E-state index contributed by atoms with van der Waals surface area (Å²) >= 11 is 0. The normalized spacial score (nSPS) is 18.3. The Morgan fingerprint density at radius 1 is 1.16 bits per heavy atom. The minimum Gasteiger partial charge on any atom is -0.388 e. The van der Waals surface area contributed by atoms with E-state index in [1.165, 1.54) is 37.8 Å². The van der Waals surface area contributed by atoms with Crippen molar-refractivity contribution in [3.63, 3.8) is 0 Å². The van der Waals surface area contributed by atoms with E-state index in [9.17, 15) is 5.11 Å². The van der Waals surface area contributed by atoms with Crippen LogP contribution in [0.2, 0.25) is 0 Å². The van der Waals surface area contributed by atoms with Crippen molar-refractivity contribution in [2.75, 3.05) is 11.4 Å². The molecule has 1 saturated carbocycles. The molecule has 1 fully saturated rings. The summed E-state index contributed by atoms with van der Waals surface area (Å²) in [6.45, 7) is 5.29. The highest BCUT2D eigenvalue weighted by molar-refractivity contribution is 5.55. The molecule has 0 aromatic heterocycles. The average Bonchev–Trinajstić information content (AvgIpc) is 2.49. The molecule has 1 aliphatic rings. The van der Waals surface area contributed by atoms with Gasteiger partial charge in [0.2, 0.25) is 0 Å². The molecule has 1 aromatic rings. The van der Waals surface area contributed by atoms with Crippen LogP contribution in [0.3, 0.4) is 0 Å². The van der Waals surface area contributed by atoms with Crippen LogP contribution in [0.5, 0.6) is 0 Å². The summed E-state index contributed by atoms with van der Waals surface area (Å²) in [5, 5.41) is 10.2. The highest BCUT2D eigenvalue weighted by atomic mass is 16.3. The van der Waals surface area contributed by atoms with E-state index in [0.29, 0.717) is 6.04 Å². The van der Waals surface area contributed by atoms with Crippen LogP contribution < -0.4 is 4.90 Å². The van der Waals surface area contributed by atoms with Crippen molar-refractivity contribution in [1.82, 2.24) is 0 Å². The minimum atomic E-state index is -0.339. The first-order valence-electron chi connectivity index (χ1n) is 7.81. The molecule has 2 rings (SSSR count).